The Morgan fingerprint density at radius 1 is 1.09 bits per heavy atom. The van der Waals surface area contributed by atoms with Crippen LogP contribution in [-0.4, -0.2) is 30.2 Å². The number of aromatic carboxylic acids is 1. The molecule has 0 amide bonds. The van der Waals surface area contributed by atoms with Crippen molar-refractivity contribution in [2.24, 2.45) is 0 Å². The molecule has 114 valence electrons. The van der Waals surface area contributed by atoms with Gasteiger partial charge in [0.15, 0.2) is 5.82 Å². The minimum Gasteiger partial charge on any atom is -0.478 e. The summed E-state index contributed by atoms with van der Waals surface area (Å²) in [6.45, 7) is 2.84. The summed E-state index contributed by atoms with van der Waals surface area (Å²) in [6, 6.07) is 14.8. The van der Waals surface area contributed by atoms with Gasteiger partial charge in [0.25, 0.3) is 0 Å². The molecule has 2 aromatic carbocycles. The van der Waals surface area contributed by atoms with E-state index in [1.807, 2.05) is 34.7 Å². The SMILES string of the molecule is CCn1c2ccccc2n2c(-c3cccc(C(=O)O)c3)nnc12. The molecule has 0 aliphatic heterocycles. The van der Waals surface area contributed by atoms with Crippen LogP contribution in [0.3, 0.4) is 0 Å². The van der Waals surface area contributed by atoms with Gasteiger partial charge in [-0.3, -0.25) is 4.40 Å². The predicted molar refractivity (Wildman–Crippen MR) is 86.6 cm³/mol. The smallest absolute Gasteiger partial charge is 0.335 e. The molecule has 0 bridgehead atoms. The topological polar surface area (TPSA) is 72.4 Å². The molecular formula is C17H14N4O2. The van der Waals surface area contributed by atoms with Gasteiger partial charge in [0, 0.05) is 12.1 Å². The first-order chi connectivity index (χ1) is 11.2. The minimum absolute atomic E-state index is 0.235. The maximum absolute atomic E-state index is 11.2. The quantitative estimate of drug-likeness (QED) is 0.631. The van der Waals surface area contributed by atoms with E-state index in [2.05, 4.69) is 21.7 Å². The maximum Gasteiger partial charge on any atom is 0.335 e. The van der Waals surface area contributed by atoms with Gasteiger partial charge in [-0.1, -0.05) is 24.3 Å². The third-order valence-corrected chi connectivity index (χ3v) is 3.98. The Labute approximate surface area is 131 Å². The summed E-state index contributed by atoms with van der Waals surface area (Å²) in [6.07, 6.45) is 0. The molecule has 0 aliphatic rings. The fourth-order valence-corrected chi connectivity index (χ4v) is 2.95. The lowest BCUT2D eigenvalue weighted by Gasteiger charge is -2.01. The molecule has 0 atom stereocenters. The van der Waals surface area contributed by atoms with Gasteiger partial charge in [-0.05, 0) is 31.2 Å². The number of imidazole rings is 1. The monoisotopic (exact) mass is 306 g/mol. The number of fused-ring (bicyclic) bond motifs is 3. The molecule has 2 aromatic heterocycles. The number of nitrogens with zero attached hydrogens (tertiary/aromatic N) is 4. The van der Waals surface area contributed by atoms with Gasteiger partial charge in [0.2, 0.25) is 5.78 Å². The number of carboxylic acids is 1. The predicted octanol–water partition coefficient (Wildman–Crippen LogP) is 3.07. The van der Waals surface area contributed by atoms with E-state index < -0.39 is 5.97 Å². The van der Waals surface area contributed by atoms with E-state index in [1.54, 1.807) is 18.2 Å². The Balaban J connectivity index is 2.06. The number of benzene rings is 2. The van der Waals surface area contributed by atoms with E-state index in [0.717, 1.165) is 28.9 Å². The highest BCUT2D eigenvalue weighted by Crippen LogP contribution is 2.26. The largest absolute Gasteiger partial charge is 0.478 e. The van der Waals surface area contributed by atoms with Crippen LogP contribution in [0, 0.1) is 0 Å². The molecule has 0 radical (unpaired) electrons. The Morgan fingerprint density at radius 2 is 1.87 bits per heavy atom. The van der Waals surface area contributed by atoms with Crippen LogP contribution in [0.1, 0.15) is 17.3 Å². The van der Waals surface area contributed by atoms with E-state index in [0.29, 0.717) is 5.82 Å². The Morgan fingerprint density at radius 3 is 2.61 bits per heavy atom. The van der Waals surface area contributed by atoms with Crippen molar-refractivity contribution in [2.75, 3.05) is 0 Å². The number of carbonyl (C=O) groups is 1. The zero-order valence-corrected chi connectivity index (χ0v) is 12.5. The molecule has 0 spiro atoms. The van der Waals surface area contributed by atoms with Crippen molar-refractivity contribution in [3.05, 3.63) is 54.1 Å². The van der Waals surface area contributed by atoms with E-state index >= 15 is 0 Å². The molecule has 0 aliphatic carbocycles. The summed E-state index contributed by atoms with van der Waals surface area (Å²) < 4.78 is 4.06. The van der Waals surface area contributed by atoms with Crippen LogP contribution in [0.5, 0.6) is 0 Å². The summed E-state index contributed by atoms with van der Waals surface area (Å²) in [7, 11) is 0. The van der Waals surface area contributed by atoms with Crippen molar-refractivity contribution in [1.29, 1.82) is 0 Å². The first-order valence-corrected chi connectivity index (χ1v) is 7.37. The van der Waals surface area contributed by atoms with Crippen LogP contribution >= 0.6 is 0 Å². The maximum atomic E-state index is 11.2. The highest BCUT2D eigenvalue weighted by atomic mass is 16.4. The van der Waals surface area contributed by atoms with E-state index in [1.165, 1.54) is 0 Å². The number of para-hydroxylation sites is 2. The molecule has 6 nitrogen and oxygen atoms in total. The number of rotatable bonds is 3. The zero-order valence-electron chi connectivity index (χ0n) is 12.5. The standard InChI is InChI=1S/C17H14N4O2/c1-2-20-13-8-3-4-9-14(13)21-15(18-19-17(20)21)11-6-5-7-12(10-11)16(22)23/h3-10H,2H2,1H3,(H,22,23). The van der Waals surface area contributed by atoms with Gasteiger partial charge in [-0.2, -0.15) is 0 Å². The molecule has 0 saturated carbocycles. The second kappa shape index (κ2) is 4.95. The molecule has 0 saturated heterocycles. The Kier molecular flexibility index (Phi) is 2.90. The van der Waals surface area contributed by atoms with E-state index in [4.69, 9.17) is 0 Å². The first-order valence-electron chi connectivity index (χ1n) is 7.37. The van der Waals surface area contributed by atoms with Crippen LogP contribution in [0.25, 0.3) is 28.2 Å². The summed E-state index contributed by atoms with van der Waals surface area (Å²) in [5, 5.41) is 17.8. The molecule has 4 aromatic rings. The summed E-state index contributed by atoms with van der Waals surface area (Å²) in [4.78, 5) is 11.2. The summed E-state index contributed by atoms with van der Waals surface area (Å²) >= 11 is 0. The number of carboxylic acid groups (broad SMARTS) is 1. The van der Waals surface area contributed by atoms with E-state index in [-0.39, 0.29) is 5.56 Å². The molecule has 6 heteroatoms. The van der Waals surface area contributed by atoms with Crippen molar-refractivity contribution < 1.29 is 9.90 Å². The van der Waals surface area contributed by atoms with Crippen molar-refractivity contribution in [3.8, 4) is 11.4 Å². The van der Waals surface area contributed by atoms with Gasteiger partial charge >= 0.3 is 5.97 Å². The van der Waals surface area contributed by atoms with Crippen molar-refractivity contribution >= 4 is 22.8 Å². The minimum atomic E-state index is -0.955. The lowest BCUT2D eigenvalue weighted by Crippen LogP contribution is -1.97. The van der Waals surface area contributed by atoms with Gasteiger partial charge < -0.3 is 9.67 Å². The molecule has 4 rings (SSSR count). The zero-order chi connectivity index (χ0) is 16.0. The van der Waals surface area contributed by atoms with Gasteiger partial charge in [-0.25, -0.2) is 4.79 Å². The second-order valence-electron chi connectivity index (χ2n) is 5.28. The lowest BCUT2D eigenvalue weighted by molar-refractivity contribution is 0.0697. The average Bonchev–Trinajstić information content (AvgIpc) is 3.12. The highest BCUT2D eigenvalue weighted by Gasteiger charge is 2.17. The molecule has 0 fully saturated rings. The van der Waals surface area contributed by atoms with Crippen molar-refractivity contribution in [3.63, 3.8) is 0 Å². The number of hydrogen-bond donors (Lipinski definition) is 1. The summed E-state index contributed by atoms with van der Waals surface area (Å²) in [5.41, 5.74) is 3.05. The Bertz CT molecular complexity index is 1050. The first kappa shape index (κ1) is 13.5. The van der Waals surface area contributed by atoms with Crippen LogP contribution in [0.4, 0.5) is 0 Å². The third-order valence-electron chi connectivity index (χ3n) is 3.98. The van der Waals surface area contributed by atoms with Crippen LogP contribution < -0.4 is 0 Å². The van der Waals surface area contributed by atoms with E-state index in [9.17, 15) is 9.90 Å². The highest BCUT2D eigenvalue weighted by molar-refractivity contribution is 5.89. The van der Waals surface area contributed by atoms with Gasteiger partial charge in [0.05, 0.1) is 16.6 Å². The fourth-order valence-electron chi connectivity index (χ4n) is 2.95. The van der Waals surface area contributed by atoms with Crippen molar-refractivity contribution in [1.82, 2.24) is 19.2 Å². The van der Waals surface area contributed by atoms with Gasteiger partial charge in [0.1, 0.15) is 0 Å². The number of aryl methyl sites for hydroxylation is 1. The Hall–Kier alpha value is -3.15. The number of hydrogen-bond acceptors (Lipinski definition) is 3. The van der Waals surface area contributed by atoms with Crippen LogP contribution in [-0.2, 0) is 6.54 Å². The van der Waals surface area contributed by atoms with Crippen LogP contribution in [0.2, 0.25) is 0 Å². The normalized spacial score (nSPS) is 11.3. The number of aromatic nitrogens is 4. The average molecular weight is 306 g/mol. The lowest BCUT2D eigenvalue weighted by atomic mass is 10.1. The molecular weight excluding hydrogens is 292 g/mol. The second-order valence-corrected chi connectivity index (χ2v) is 5.28. The summed E-state index contributed by atoms with van der Waals surface area (Å²) in [5.74, 6) is 0.444. The van der Waals surface area contributed by atoms with Gasteiger partial charge in [-0.15, -0.1) is 10.2 Å². The molecule has 0 unspecified atom stereocenters. The third kappa shape index (κ3) is 1.92. The van der Waals surface area contributed by atoms with Crippen LogP contribution in [0.15, 0.2) is 48.5 Å². The molecule has 2 heterocycles. The fraction of sp³-hybridized carbons (Fsp3) is 0.118. The molecule has 1 N–H and O–H groups in total. The van der Waals surface area contributed by atoms with Crippen molar-refractivity contribution in [2.45, 2.75) is 13.5 Å². The molecule has 23 heavy (non-hydrogen) atoms.